The average Bonchev–Trinajstić information content (AvgIpc) is 3.37. The standard InChI is InChI=1S/C22H23F3N2O4S/c23-22(24,25)17-3-1-15(2-4-17)8-10-31-18-5-6-20-19(11-18)21(12-26-20)27-32(28,29)14-16-7-9-30-13-16/h1-6,11-12,16,26-27H,7-10,13-14H2. The highest BCUT2D eigenvalue weighted by Crippen LogP contribution is 2.30. The van der Waals surface area contributed by atoms with E-state index >= 15 is 0 Å². The predicted molar refractivity (Wildman–Crippen MR) is 115 cm³/mol. The van der Waals surface area contributed by atoms with E-state index in [0.717, 1.165) is 29.6 Å². The van der Waals surface area contributed by atoms with Crippen LogP contribution in [0.1, 0.15) is 17.5 Å². The van der Waals surface area contributed by atoms with Crippen LogP contribution in [0, 0.1) is 5.92 Å². The summed E-state index contributed by atoms with van der Waals surface area (Å²) < 4.78 is 76.6. The van der Waals surface area contributed by atoms with Gasteiger partial charge in [0.25, 0.3) is 0 Å². The normalized spacial score (nSPS) is 17.0. The molecule has 1 fully saturated rings. The van der Waals surface area contributed by atoms with Crippen LogP contribution in [-0.4, -0.2) is 39.0 Å². The molecule has 6 nitrogen and oxygen atoms in total. The van der Waals surface area contributed by atoms with Gasteiger partial charge in [0.1, 0.15) is 5.75 Å². The highest BCUT2D eigenvalue weighted by Gasteiger charge is 2.30. The van der Waals surface area contributed by atoms with Crippen LogP contribution in [0.15, 0.2) is 48.7 Å². The molecular weight excluding hydrogens is 445 g/mol. The van der Waals surface area contributed by atoms with E-state index in [-0.39, 0.29) is 18.3 Å². The van der Waals surface area contributed by atoms with Crippen LogP contribution in [0.25, 0.3) is 10.9 Å². The van der Waals surface area contributed by atoms with Crippen LogP contribution < -0.4 is 9.46 Å². The molecule has 10 heteroatoms. The first-order chi connectivity index (χ1) is 15.2. The van der Waals surface area contributed by atoms with Gasteiger partial charge in [-0.1, -0.05) is 12.1 Å². The number of ether oxygens (including phenoxy) is 2. The van der Waals surface area contributed by atoms with Crippen molar-refractivity contribution in [2.75, 3.05) is 30.3 Å². The molecule has 1 aliphatic heterocycles. The molecule has 1 unspecified atom stereocenters. The molecular formula is C22H23F3N2O4S. The van der Waals surface area contributed by atoms with E-state index in [2.05, 4.69) is 9.71 Å². The number of H-pyrrole nitrogens is 1. The van der Waals surface area contributed by atoms with Gasteiger partial charge in [0.15, 0.2) is 0 Å². The number of benzene rings is 2. The number of nitrogens with one attached hydrogen (secondary N) is 2. The molecule has 172 valence electrons. The van der Waals surface area contributed by atoms with Gasteiger partial charge in [-0.3, -0.25) is 4.72 Å². The van der Waals surface area contributed by atoms with Gasteiger partial charge < -0.3 is 14.5 Å². The molecule has 1 saturated heterocycles. The summed E-state index contributed by atoms with van der Waals surface area (Å²) in [6, 6.07) is 10.2. The molecule has 1 aromatic heterocycles. The SMILES string of the molecule is O=S(=O)(CC1CCOC1)Nc1c[nH]c2ccc(OCCc3ccc(C(F)(F)F)cc3)cc12. The van der Waals surface area contributed by atoms with Gasteiger partial charge in [-0.25, -0.2) is 8.42 Å². The molecule has 32 heavy (non-hydrogen) atoms. The fourth-order valence-electron chi connectivity index (χ4n) is 3.66. The Morgan fingerprint density at radius 2 is 1.94 bits per heavy atom. The second-order valence-corrected chi connectivity index (χ2v) is 9.58. The van der Waals surface area contributed by atoms with E-state index < -0.39 is 21.8 Å². The number of rotatable bonds is 8. The summed E-state index contributed by atoms with van der Waals surface area (Å²) in [6.45, 7) is 1.30. The first kappa shape index (κ1) is 22.5. The summed E-state index contributed by atoms with van der Waals surface area (Å²) in [5.41, 5.74) is 1.23. The summed E-state index contributed by atoms with van der Waals surface area (Å²) in [5, 5.41) is 0.670. The summed E-state index contributed by atoms with van der Waals surface area (Å²) in [4.78, 5) is 3.03. The number of alkyl halides is 3. The van der Waals surface area contributed by atoms with Crippen molar-refractivity contribution < 1.29 is 31.1 Å². The Bertz CT molecular complexity index is 1170. The minimum absolute atomic E-state index is 0.00297. The molecule has 0 saturated carbocycles. The summed E-state index contributed by atoms with van der Waals surface area (Å²) >= 11 is 0. The molecule has 3 aromatic rings. The molecule has 2 N–H and O–H groups in total. The maximum atomic E-state index is 12.7. The van der Waals surface area contributed by atoms with Gasteiger partial charge in [0.05, 0.1) is 30.2 Å². The van der Waals surface area contributed by atoms with E-state index in [1.807, 2.05) is 0 Å². The third-order valence-electron chi connectivity index (χ3n) is 5.34. The topological polar surface area (TPSA) is 80.4 Å². The molecule has 2 heterocycles. The van der Waals surface area contributed by atoms with Crippen LogP contribution in [-0.2, 0) is 27.4 Å². The first-order valence-electron chi connectivity index (χ1n) is 10.2. The molecule has 1 aliphatic rings. The monoisotopic (exact) mass is 468 g/mol. The minimum atomic E-state index is -4.36. The zero-order valence-corrected chi connectivity index (χ0v) is 17.9. The number of sulfonamides is 1. The van der Waals surface area contributed by atoms with Crippen molar-refractivity contribution in [3.05, 3.63) is 59.8 Å². The zero-order valence-electron chi connectivity index (χ0n) is 17.1. The van der Waals surface area contributed by atoms with Crippen LogP contribution in [0.3, 0.4) is 0 Å². The van der Waals surface area contributed by atoms with Gasteiger partial charge in [0.2, 0.25) is 10.0 Å². The Kier molecular flexibility index (Phi) is 6.34. The lowest BCUT2D eigenvalue weighted by Gasteiger charge is -2.11. The number of aromatic nitrogens is 1. The Labute approximate surface area is 183 Å². The predicted octanol–water partition coefficient (Wildman–Crippen LogP) is 4.59. The number of halogens is 3. The Hall–Kier alpha value is -2.72. The van der Waals surface area contributed by atoms with Gasteiger partial charge in [-0.15, -0.1) is 0 Å². The number of hydrogen-bond acceptors (Lipinski definition) is 4. The Morgan fingerprint density at radius 3 is 2.62 bits per heavy atom. The highest BCUT2D eigenvalue weighted by molar-refractivity contribution is 7.92. The van der Waals surface area contributed by atoms with Crippen molar-refractivity contribution in [3.8, 4) is 5.75 Å². The molecule has 2 aromatic carbocycles. The lowest BCUT2D eigenvalue weighted by Crippen LogP contribution is -2.22. The number of hydrogen-bond donors (Lipinski definition) is 2. The third kappa shape index (κ3) is 5.55. The molecule has 0 spiro atoms. The van der Waals surface area contributed by atoms with Crippen molar-refractivity contribution in [2.24, 2.45) is 5.92 Å². The molecule has 0 aliphatic carbocycles. The first-order valence-corrected chi connectivity index (χ1v) is 11.8. The maximum absolute atomic E-state index is 12.7. The second-order valence-electron chi connectivity index (χ2n) is 7.82. The molecule has 0 radical (unpaired) electrons. The minimum Gasteiger partial charge on any atom is -0.493 e. The number of aromatic amines is 1. The van der Waals surface area contributed by atoms with E-state index in [9.17, 15) is 21.6 Å². The van der Waals surface area contributed by atoms with Gasteiger partial charge >= 0.3 is 6.18 Å². The van der Waals surface area contributed by atoms with Crippen LogP contribution in [0.4, 0.5) is 18.9 Å². The fourth-order valence-corrected chi connectivity index (χ4v) is 5.13. The van der Waals surface area contributed by atoms with Gasteiger partial charge in [-0.2, -0.15) is 13.2 Å². The van der Waals surface area contributed by atoms with Gasteiger partial charge in [0, 0.05) is 36.0 Å². The number of fused-ring (bicyclic) bond motifs is 1. The second kappa shape index (κ2) is 9.03. The molecule has 0 bridgehead atoms. The van der Waals surface area contributed by atoms with Crippen LogP contribution >= 0.6 is 0 Å². The molecule has 1 atom stereocenters. The average molecular weight is 468 g/mol. The smallest absolute Gasteiger partial charge is 0.416 e. The van der Waals surface area contributed by atoms with E-state index in [1.54, 1.807) is 24.4 Å². The lowest BCUT2D eigenvalue weighted by molar-refractivity contribution is -0.137. The summed E-state index contributed by atoms with van der Waals surface area (Å²) in [6.07, 6.45) is -1.59. The summed E-state index contributed by atoms with van der Waals surface area (Å²) in [5.74, 6) is 0.527. The Balaban J connectivity index is 1.39. The van der Waals surface area contributed by atoms with Gasteiger partial charge in [-0.05, 0) is 42.3 Å². The number of anilines is 1. The summed E-state index contributed by atoms with van der Waals surface area (Å²) in [7, 11) is -3.53. The van der Waals surface area contributed by atoms with Crippen molar-refractivity contribution in [2.45, 2.75) is 19.0 Å². The van der Waals surface area contributed by atoms with Crippen LogP contribution in [0.5, 0.6) is 5.75 Å². The largest absolute Gasteiger partial charge is 0.493 e. The Morgan fingerprint density at radius 1 is 1.16 bits per heavy atom. The maximum Gasteiger partial charge on any atom is 0.416 e. The van der Waals surface area contributed by atoms with Crippen molar-refractivity contribution >= 4 is 26.6 Å². The highest BCUT2D eigenvalue weighted by atomic mass is 32.2. The molecule has 0 amide bonds. The lowest BCUT2D eigenvalue weighted by atomic mass is 10.1. The van der Waals surface area contributed by atoms with E-state index in [1.165, 1.54) is 12.1 Å². The van der Waals surface area contributed by atoms with Crippen molar-refractivity contribution in [3.63, 3.8) is 0 Å². The third-order valence-corrected chi connectivity index (χ3v) is 6.78. The van der Waals surface area contributed by atoms with Crippen molar-refractivity contribution in [1.82, 2.24) is 4.98 Å². The van der Waals surface area contributed by atoms with Crippen molar-refractivity contribution in [1.29, 1.82) is 0 Å². The van der Waals surface area contributed by atoms with E-state index in [0.29, 0.717) is 36.5 Å². The molecule has 4 rings (SSSR count). The quantitative estimate of drug-likeness (QED) is 0.507. The fraction of sp³-hybridized carbons (Fsp3) is 0.364. The van der Waals surface area contributed by atoms with Crippen LogP contribution in [0.2, 0.25) is 0 Å². The van der Waals surface area contributed by atoms with E-state index in [4.69, 9.17) is 9.47 Å². The zero-order chi connectivity index (χ0) is 22.8.